The molecule has 5 atom stereocenters. The largest absolute Gasteiger partial charge is 0.472 e. The average Bonchev–Trinajstić information content (AvgIpc) is 3.95. The quantitative estimate of drug-likeness (QED) is 0.0178. The molecule has 0 aromatic carbocycles. The Balaban J connectivity index is 2.29. The molecule has 0 bridgehead atoms. The molecule has 12 heteroatoms. The number of rotatable bonds is 39. The molecule has 1 heterocycles. The smallest absolute Gasteiger partial charge is 0.462 e. The van der Waals surface area contributed by atoms with Crippen molar-refractivity contribution in [1.82, 2.24) is 0 Å². The third-order valence-electron chi connectivity index (χ3n) is 9.53. The minimum atomic E-state index is -4.64. The summed E-state index contributed by atoms with van der Waals surface area (Å²) in [7, 11) is -4.64. The molecular weight excluding hydrogens is 759 g/mol. The predicted molar refractivity (Wildman–Crippen MR) is 232 cm³/mol. The van der Waals surface area contributed by atoms with E-state index in [0.29, 0.717) is 25.0 Å². The SMILES string of the molecule is CC/C=C\CC1OC1C/C=C\C/C=C\C/C=C\C/C=C\CCC(=O)O[C@H](COC(=O)CCCCCCCCCCCCCCC(C)C)COP(=O)(O)OC[C@@H](O)CO. The highest BCUT2D eigenvalue weighted by atomic mass is 31.2. The topological polar surface area (TPSA) is 161 Å². The predicted octanol–water partition coefficient (Wildman–Crippen LogP) is 10.7. The van der Waals surface area contributed by atoms with Crippen molar-refractivity contribution < 1.29 is 52.5 Å². The van der Waals surface area contributed by atoms with Crippen molar-refractivity contribution in [3.63, 3.8) is 0 Å². The summed E-state index contributed by atoms with van der Waals surface area (Å²) in [6.45, 7) is 4.49. The summed E-state index contributed by atoms with van der Waals surface area (Å²) in [6.07, 6.45) is 41.0. The second-order valence-electron chi connectivity index (χ2n) is 15.6. The van der Waals surface area contributed by atoms with Crippen LogP contribution < -0.4 is 0 Å². The monoisotopic (exact) mass is 839 g/mol. The second-order valence-corrected chi connectivity index (χ2v) is 17.0. The minimum Gasteiger partial charge on any atom is -0.462 e. The Labute approximate surface area is 351 Å². The number of unbranched alkanes of at least 4 members (excludes halogenated alkanes) is 11. The van der Waals surface area contributed by atoms with Gasteiger partial charge in [-0.05, 0) is 57.3 Å². The summed E-state index contributed by atoms with van der Waals surface area (Å²) in [6, 6.07) is 0. The van der Waals surface area contributed by atoms with E-state index in [2.05, 4.69) is 73.9 Å². The van der Waals surface area contributed by atoms with Crippen molar-refractivity contribution >= 4 is 19.8 Å². The lowest BCUT2D eigenvalue weighted by molar-refractivity contribution is -0.161. The van der Waals surface area contributed by atoms with E-state index < -0.39 is 51.8 Å². The van der Waals surface area contributed by atoms with Gasteiger partial charge in [-0.25, -0.2) is 4.57 Å². The van der Waals surface area contributed by atoms with Crippen LogP contribution in [0.2, 0.25) is 0 Å². The van der Waals surface area contributed by atoms with E-state index >= 15 is 0 Å². The van der Waals surface area contributed by atoms with Crippen molar-refractivity contribution in [3.05, 3.63) is 60.8 Å². The van der Waals surface area contributed by atoms with Crippen LogP contribution in [-0.4, -0.2) is 77.9 Å². The summed E-state index contributed by atoms with van der Waals surface area (Å²) in [5, 5.41) is 18.3. The number of phosphoric acid groups is 1. The van der Waals surface area contributed by atoms with Gasteiger partial charge in [0.2, 0.25) is 0 Å². The Bertz CT molecular complexity index is 1230. The first-order chi connectivity index (χ1) is 28.1. The summed E-state index contributed by atoms with van der Waals surface area (Å²) in [5.41, 5.74) is 0. The summed E-state index contributed by atoms with van der Waals surface area (Å²) in [4.78, 5) is 35.0. The van der Waals surface area contributed by atoms with Crippen molar-refractivity contribution in [2.75, 3.05) is 26.4 Å². The molecule has 0 saturated carbocycles. The molecule has 11 nitrogen and oxygen atoms in total. The van der Waals surface area contributed by atoms with Gasteiger partial charge >= 0.3 is 19.8 Å². The molecule has 0 radical (unpaired) electrons. The molecule has 334 valence electrons. The fourth-order valence-corrected chi connectivity index (χ4v) is 6.80. The zero-order valence-electron chi connectivity index (χ0n) is 36.1. The molecule has 1 aliphatic rings. The van der Waals surface area contributed by atoms with Crippen LogP contribution in [0.3, 0.4) is 0 Å². The highest BCUT2D eigenvalue weighted by Crippen LogP contribution is 2.43. The first kappa shape index (κ1) is 53.6. The van der Waals surface area contributed by atoms with Crippen molar-refractivity contribution in [2.24, 2.45) is 5.92 Å². The number of phosphoric ester groups is 1. The molecule has 0 aromatic heterocycles. The van der Waals surface area contributed by atoms with Crippen LogP contribution in [0.5, 0.6) is 0 Å². The molecule has 1 saturated heterocycles. The van der Waals surface area contributed by atoms with Gasteiger partial charge in [0, 0.05) is 12.8 Å². The van der Waals surface area contributed by atoms with Gasteiger partial charge in [-0.1, -0.05) is 159 Å². The molecular formula is C46H79O11P. The number of hydrogen-bond donors (Lipinski definition) is 3. The van der Waals surface area contributed by atoms with Gasteiger partial charge in [-0.3, -0.25) is 18.6 Å². The Kier molecular flexibility index (Phi) is 33.7. The van der Waals surface area contributed by atoms with Gasteiger partial charge in [0.05, 0.1) is 32.0 Å². The van der Waals surface area contributed by atoms with E-state index in [0.717, 1.165) is 63.7 Å². The van der Waals surface area contributed by atoms with Crippen LogP contribution in [0.25, 0.3) is 0 Å². The van der Waals surface area contributed by atoms with Crippen LogP contribution in [0.15, 0.2) is 60.8 Å². The molecule has 0 amide bonds. The molecule has 3 unspecified atom stereocenters. The number of esters is 2. The average molecular weight is 839 g/mol. The van der Waals surface area contributed by atoms with Crippen LogP contribution in [0, 0.1) is 5.92 Å². The first-order valence-corrected chi connectivity index (χ1v) is 23.7. The van der Waals surface area contributed by atoms with Crippen LogP contribution in [0.4, 0.5) is 0 Å². The normalized spacial score (nSPS) is 18.0. The Morgan fingerprint density at radius 1 is 0.655 bits per heavy atom. The van der Waals surface area contributed by atoms with Crippen LogP contribution >= 0.6 is 7.82 Å². The summed E-state index contributed by atoms with van der Waals surface area (Å²) in [5.74, 6) is -0.224. The number of ether oxygens (including phenoxy) is 3. The number of aliphatic hydroxyl groups excluding tert-OH is 2. The number of epoxide rings is 1. The Morgan fingerprint density at radius 2 is 1.16 bits per heavy atom. The number of carbonyl (C=O) groups is 2. The van der Waals surface area contributed by atoms with E-state index in [9.17, 15) is 24.2 Å². The number of hydrogen-bond acceptors (Lipinski definition) is 10. The zero-order valence-corrected chi connectivity index (χ0v) is 37.0. The molecule has 0 aromatic rings. The molecule has 1 fully saturated rings. The highest BCUT2D eigenvalue weighted by Gasteiger charge is 2.36. The molecule has 3 N–H and O–H groups in total. The number of aliphatic hydroxyl groups is 2. The third-order valence-corrected chi connectivity index (χ3v) is 10.5. The molecule has 0 spiro atoms. The Morgan fingerprint density at radius 3 is 1.71 bits per heavy atom. The van der Waals surface area contributed by atoms with E-state index in [1.807, 2.05) is 12.2 Å². The maximum atomic E-state index is 12.6. The number of carbonyl (C=O) groups excluding carboxylic acids is 2. The first-order valence-electron chi connectivity index (χ1n) is 22.2. The van der Waals surface area contributed by atoms with E-state index in [-0.39, 0.29) is 19.4 Å². The number of allylic oxidation sites excluding steroid dienone is 8. The molecule has 1 rings (SSSR count). The van der Waals surface area contributed by atoms with E-state index in [1.165, 1.54) is 57.8 Å². The van der Waals surface area contributed by atoms with Crippen LogP contribution in [-0.2, 0) is 37.4 Å². The van der Waals surface area contributed by atoms with Gasteiger partial charge in [0.15, 0.2) is 6.10 Å². The molecule has 58 heavy (non-hydrogen) atoms. The lowest BCUT2D eigenvalue weighted by Gasteiger charge is -2.20. The van der Waals surface area contributed by atoms with Gasteiger partial charge in [0.25, 0.3) is 0 Å². The highest BCUT2D eigenvalue weighted by molar-refractivity contribution is 7.47. The molecule has 1 aliphatic heterocycles. The maximum absolute atomic E-state index is 12.6. The fraction of sp³-hybridized carbons (Fsp3) is 0.739. The lowest BCUT2D eigenvalue weighted by atomic mass is 10.0. The second kappa shape index (κ2) is 36.5. The van der Waals surface area contributed by atoms with Gasteiger partial charge in [0.1, 0.15) is 12.7 Å². The van der Waals surface area contributed by atoms with Gasteiger partial charge in [-0.15, -0.1) is 0 Å². The minimum absolute atomic E-state index is 0.0543. The summed E-state index contributed by atoms with van der Waals surface area (Å²) >= 11 is 0. The van der Waals surface area contributed by atoms with E-state index in [4.69, 9.17) is 23.8 Å². The van der Waals surface area contributed by atoms with Crippen molar-refractivity contribution in [3.8, 4) is 0 Å². The fourth-order valence-electron chi connectivity index (χ4n) is 6.01. The van der Waals surface area contributed by atoms with E-state index in [1.54, 1.807) is 0 Å². The van der Waals surface area contributed by atoms with Gasteiger partial charge in [-0.2, -0.15) is 0 Å². The van der Waals surface area contributed by atoms with Crippen LogP contribution in [0.1, 0.15) is 162 Å². The maximum Gasteiger partial charge on any atom is 0.472 e. The zero-order chi connectivity index (χ0) is 42.5. The van der Waals surface area contributed by atoms with Crippen molar-refractivity contribution in [2.45, 2.75) is 186 Å². The summed E-state index contributed by atoms with van der Waals surface area (Å²) < 4.78 is 38.3. The standard InChI is InChI=1S/C46H79O11P/c1-4-5-26-32-43-44(57-43)33-28-23-19-15-11-7-9-13-17-21-25-30-35-46(50)56-42(39-55-58(51,52)54-37-41(48)36-47)38-53-45(49)34-29-24-20-16-12-8-6-10-14-18-22-27-31-40(2)3/h5,9,11,13,15,21,23,25-26,28,40-44,47-48H,4,6-8,10,12,14,16-20,22,24,27,29-39H2,1-3H3,(H,51,52)/b13-9-,15-11-,25-21-,26-5-,28-23-/t41-,42+,43?,44?/m0/s1. The molecule has 0 aliphatic carbocycles. The van der Waals surface area contributed by atoms with Crippen molar-refractivity contribution in [1.29, 1.82) is 0 Å². The Hall–Kier alpha value is -2.37. The third kappa shape index (κ3) is 34.5. The van der Waals surface area contributed by atoms with Gasteiger partial charge < -0.3 is 29.3 Å². The lowest BCUT2D eigenvalue weighted by Crippen LogP contribution is -2.29.